The van der Waals surface area contributed by atoms with Crippen LogP contribution < -0.4 is 5.32 Å². The zero-order chi connectivity index (χ0) is 13.8. The van der Waals surface area contributed by atoms with Gasteiger partial charge in [-0.3, -0.25) is 9.48 Å². The Kier molecular flexibility index (Phi) is 4.58. The van der Waals surface area contributed by atoms with Crippen LogP contribution in [0.4, 0.5) is 0 Å². The molecule has 2 unspecified atom stereocenters. The maximum absolute atomic E-state index is 12.6. The predicted molar refractivity (Wildman–Crippen MR) is 74.6 cm³/mol. The van der Waals surface area contributed by atoms with E-state index in [1.807, 2.05) is 25.2 Å². The number of rotatable bonds is 3. The first kappa shape index (κ1) is 14.1. The summed E-state index contributed by atoms with van der Waals surface area (Å²) in [5, 5.41) is 7.27. The van der Waals surface area contributed by atoms with Crippen molar-refractivity contribution >= 4 is 5.91 Å². The molecule has 1 aliphatic rings. The van der Waals surface area contributed by atoms with Crippen molar-refractivity contribution in [3.63, 3.8) is 0 Å². The van der Waals surface area contributed by atoms with Crippen LogP contribution in [0.25, 0.3) is 0 Å². The highest BCUT2D eigenvalue weighted by atomic mass is 16.2. The van der Waals surface area contributed by atoms with Crippen molar-refractivity contribution in [3.8, 4) is 0 Å². The van der Waals surface area contributed by atoms with Crippen molar-refractivity contribution in [2.45, 2.75) is 32.2 Å². The molecule has 2 rings (SSSR count). The number of carbonyl (C=O) groups excluding carboxylic acids is 1. The van der Waals surface area contributed by atoms with Crippen LogP contribution in [0.3, 0.4) is 0 Å². The second kappa shape index (κ2) is 6.19. The van der Waals surface area contributed by atoms with Crippen LogP contribution in [0.1, 0.15) is 37.8 Å². The van der Waals surface area contributed by atoms with E-state index in [2.05, 4.69) is 17.3 Å². The van der Waals surface area contributed by atoms with Gasteiger partial charge in [-0.1, -0.05) is 6.92 Å². The zero-order valence-corrected chi connectivity index (χ0v) is 12.1. The Bertz CT molecular complexity index is 429. The van der Waals surface area contributed by atoms with Gasteiger partial charge in [0.2, 0.25) is 5.91 Å². The van der Waals surface area contributed by atoms with Gasteiger partial charge in [0.1, 0.15) is 6.04 Å². The molecule has 1 saturated heterocycles. The fourth-order valence-corrected chi connectivity index (χ4v) is 2.69. The number of hydrogen-bond acceptors (Lipinski definition) is 3. The maximum atomic E-state index is 12.6. The van der Waals surface area contributed by atoms with E-state index in [1.54, 1.807) is 10.9 Å². The molecule has 1 amide bonds. The molecule has 1 N–H and O–H groups in total. The van der Waals surface area contributed by atoms with Crippen LogP contribution in [0.5, 0.6) is 0 Å². The molecule has 2 heterocycles. The first-order valence-corrected chi connectivity index (χ1v) is 7.06. The minimum absolute atomic E-state index is 0.171. The smallest absolute Gasteiger partial charge is 0.244 e. The molecule has 5 heteroatoms. The number of likely N-dealkylation sites (N-methyl/N-ethyl adjacent to an activating group) is 1. The van der Waals surface area contributed by atoms with Crippen LogP contribution in [-0.2, 0) is 11.8 Å². The van der Waals surface area contributed by atoms with Crippen LogP contribution in [0, 0.1) is 5.92 Å². The molecule has 2 atom stereocenters. The summed E-state index contributed by atoms with van der Waals surface area (Å²) in [6, 6.07) is -0.276. The second-order valence-corrected chi connectivity index (χ2v) is 5.53. The van der Waals surface area contributed by atoms with Crippen molar-refractivity contribution in [1.82, 2.24) is 20.0 Å². The number of aryl methyl sites for hydroxylation is 1. The molecule has 0 aliphatic carbocycles. The lowest BCUT2D eigenvalue weighted by Crippen LogP contribution is -2.40. The maximum Gasteiger partial charge on any atom is 0.244 e. The average Bonchev–Trinajstić information content (AvgIpc) is 2.68. The highest BCUT2D eigenvalue weighted by Gasteiger charge is 2.26. The number of hydrogen-bond donors (Lipinski definition) is 1. The Morgan fingerprint density at radius 2 is 2.26 bits per heavy atom. The molecule has 0 bridgehead atoms. The average molecular weight is 264 g/mol. The van der Waals surface area contributed by atoms with E-state index < -0.39 is 0 Å². The van der Waals surface area contributed by atoms with Gasteiger partial charge in [-0.2, -0.15) is 5.10 Å². The van der Waals surface area contributed by atoms with Crippen molar-refractivity contribution in [2.75, 3.05) is 20.1 Å². The monoisotopic (exact) mass is 264 g/mol. The molecule has 1 fully saturated rings. The molecule has 19 heavy (non-hydrogen) atoms. The number of nitrogens with one attached hydrogen (secondary N) is 1. The summed E-state index contributed by atoms with van der Waals surface area (Å²) < 4.78 is 1.73. The lowest BCUT2D eigenvalue weighted by atomic mass is 10.0. The SMILES string of the molecule is CNC(C(=O)N1CCCC(C)CC1)c1cnn(C)c1. The Labute approximate surface area is 115 Å². The molecule has 5 nitrogen and oxygen atoms in total. The number of likely N-dealkylation sites (tertiary alicyclic amines) is 1. The van der Waals surface area contributed by atoms with Gasteiger partial charge in [0, 0.05) is 31.9 Å². The van der Waals surface area contributed by atoms with Crippen molar-refractivity contribution in [1.29, 1.82) is 0 Å². The van der Waals surface area contributed by atoms with E-state index in [4.69, 9.17) is 0 Å². The molecule has 0 radical (unpaired) electrons. The Morgan fingerprint density at radius 1 is 1.47 bits per heavy atom. The Hall–Kier alpha value is -1.36. The van der Waals surface area contributed by atoms with E-state index in [0.29, 0.717) is 0 Å². The first-order valence-electron chi connectivity index (χ1n) is 7.06. The first-order chi connectivity index (χ1) is 9.11. The second-order valence-electron chi connectivity index (χ2n) is 5.53. The molecule has 0 aromatic carbocycles. The predicted octanol–water partition coefficient (Wildman–Crippen LogP) is 1.33. The van der Waals surface area contributed by atoms with Crippen molar-refractivity contribution in [3.05, 3.63) is 18.0 Å². The largest absolute Gasteiger partial charge is 0.341 e. The topological polar surface area (TPSA) is 50.2 Å². The quantitative estimate of drug-likeness (QED) is 0.896. The minimum Gasteiger partial charge on any atom is -0.341 e. The molecule has 106 valence electrons. The number of amides is 1. The van der Waals surface area contributed by atoms with Gasteiger partial charge in [0.05, 0.1) is 6.20 Å². The summed E-state index contributed by atoms with van der Waals surface area (Å²) in [5.41, 5.74) is 0.937. The summed E-state index contributed by atoms with van der Waals surface area (Å²) >= 11 is 0. The summed E-state index contributed by atoms with van der Waals surface area (Å²) in [5.74, 6) is 0.897. The summed E-state index contributed by atoms with van der Waals surface area (Å²) in [6.45, 7) is 4.02. The lowest BCUT2D eigenvalue weighted by Gasteiger charge is -2.25. The van der Waals surface area contributed by atoms with Gasteiger partial charge in [0.15, 0.2) is 0 Å². The van der Waals surface area contributed by atoms with Gasteiger partial charge in [-0.25, -0.2) is 0 Å². The van der Waals surface area contributed by atoms with Crippen molar-refractivity contribution in [2.24, 2.45) is 13.0 Å². The molecule has 1 aromatic rings. The highest BCUT2D eigenvalue weighted by Crippen LogP contribution is 2.20. The minimum atomic E-state index is -0.276. The van der Waals surface area contributed by atoms with Crippen LogP contribution >= 0.6 is 0 Å². The fraction of sp³-hybridized carbons (Fsp3) is 0.714. The van der Waals surface area contributed by atoms with Gasteiger partial charge in [0.25, 0.3) is 0 Å². The Morgan fingerprint density at radius 3 is 2.89 bits per heavy atom. The van der Waals surface area contributed by atoms with E-state index in [1.165, 1.54) is 6.42 Å². The molecule has 0 saturated carbocycles. The summed E-state index contributed by atoms with van der Waals surface area (Å²) in [4.78, 5) is 14.6. The van der Waals surface area contributed by atoms with Gasteiger partial charge < -0.3 is 10.2 Å². The normalized spacial score (nSPS) is 22.1. The lowest BCUT2D eigenvalue weighted by molar-refractivity contribution is -0.133. The fourth-order valence-electron chi connectivity index (χ4n) is 2.69. The van der Waals surface area contributed by atoms with Gasteiger partial charge in [-0.05, 0) is 32.2 Å². The summed E-state index contributed by atoms with van der Waals surface area (Å²) in [7, 11) is 3.70. The van der Waals surface area contributed by atoms with Crippen LogP contribution in [0.2, 0.25) is 0 Å². The number of nitrogens with zero attached hydrogens (tertiary/aromatic N) is 3. The third-order valence-corrected chi connectivity index (χ3v) is 3.92. The van der Waals surface area contributed by atoms with E-state index in [9.17, 15) is 4.79 Å². The third kappa shape index (κ3) is 3.35. The van der Waals surface area contributed by atoms with Crippen LogP contribution in [0.15, 0.2) is 12.4 Å². The molecule has 1 aromatic heterocycles. The van der Waals surface area contributed by atoms with Gasteiger partial charge in [-0.15, -0.1) is 0 Å². The van der Waals surface area contributed by atoms with E-state index in [0.717, 1.165) is 37.4 Å². The molecule has 1 aliphatic heterocycles. The summed E-state index contributed by atoms with van der Waals surface area (Å²) in [6.07, 6.45) is 7.10. The standard InChI is InChI=1S/C14H24N4O/c1-11-5-4-7-18(8-6-11)14(19)13(15-2)12-9-16-17(3)10-12/h9-11,13,15H,4-8H2,1-3H3. The zero-order valence-electron chi connectivity index (χ0n) is 12.1. The molecular formula is C14H24N4O. The van der Waals surface area contributed by atoms with E-state index in [-0.39, 0.29) is 11.9 Å². The number of aromatic nitrogens is 2. The third-order valence-electron chi connectivity index (χ3n) is 3.92. The van der Waals surface area contributed by atoms with Gasteiger partial charge >= 0.3 is 0 Å². The van der Waals surface area contributed by atoms with Crippen molar-refractivity contribution < 1.29 is 4.79 Å². The molecular weight excluding hydrogens is 240 g/mol. The highest BCUT2D eigenvalue weighted by molar-refractivity contribution is 5.83. The molecule has 0 spiro atoms. The Balaban J connectivity index is 2.07. The van der Waals surface area contributed by atoms with Crippen LogP contribution in [-0.4, -0.2) is 40.7 Å². The number of carbonyl (C=O) groups is 1. The van der Waals surface area contributed by atoms with E-state index >= 15 is 0 Å².